The standard InChI is InChI=1S/C21H14ClN3OS/c1-2-15-5-3-4-6-18(15)25-20(26)19(27-21(25)16(12-23)13-24)11-14-7-9-17(22)10-8-14/h3-11H,2H2,1H3/b19-11+. The molecule has 0 bridgehead atoms. The second-order valence-electron chi connectivity index (χ2n) is 5.69. The molecule has 0 saturated heterocycles. The Balaban J connectivity index is 2.41. The molecule has 0 spiro atoms. The van der Waals surface area contributed by atoms with E-state index >= 15 is 0 Å². The highest BCUT2D eigenvalue weighted by atomic mass is 35.5. The highest BCUT2D eigenvalue weighted by Gasteiger charge is 2.13. The Labute approximate surface area is 165 Å². The number of rotatable bonds is 3. The van der Waals surface area contributed by atoms with Gasteiger partial charge in [-0.15, -0.1) is 11.3 Å². The summed E-state index contributed by atoms with van der Waals surface area (Å²) in [6.45, 7) is 2.00. The van der Waals surface area contributed by atoms with Gasteiger partial charge < -0.3 is 0 Å². The maximum absolute atomic E-state index is 13.1. The van der Waals surface area contributed by atoms with E-state index in [9.17, 15) is 15.3 Å². The van der Waals surface area contributed by atoms with Crippen LogP contribution in [0.5, 0.6) is 0 Å². The Morgan fingerprint density at radius 1 is 1.15 bits per heavy atom. The fourth-order valence-corrected chi connectivity index (χ4v) is 3.90. The fourth-order valence-electron chi connectivity index (χ4n) is 2.73. The molecule has 1 heterocycles. The maximum Gasteiger partial charge on any atom is 0.273 e. The van der Waals surface area contributed by atoms with Crippen molar-refractivity contribution >= 4 is 34.6 Å². The Bertz CT molecular complexity index is 1240. The molecule has 0 N–H and O–H groups in total. The summed E-state index contributed by atoms with van der Waals surface area (Å²) in [6, 6.07) is 18.4. The highest BCUT2D eigenvalue weighted by molar-refractivity contribution is 7.07. The molecule has 0 unspecified atom stereocenters. The summed E-state index contributed by atoms with van der Waals surface area (Å²) in [4.78, 5) is 13.1. The molecule has 0 atom stereocenters. The number of aromatic nitrogens is 1. The van der Waals surface area contributed by atoms with E-state index in [1.165, 1.54) is 4.57 Å². The Morgan fingerprint density at radius 2 is 1.81 bits per heavy atom. The fraction of sp³-hybridized carbons (Fsp3) is 0.0952. The third-order valence-corrected chi connectivity index (χ3v) is 5.39. The van der Waals surface area contributed by atoms with Gasteiger partial charge in [0.1, 0.15) is 16.8 Å². The molecular formula is C21H14ClN3OS. The van der Waals surface area contributed by atoms with Gasteiger partial charge in [0.25, 0.3) is 5.56 Å². The van der Waals surface area contributed by atoms with Crippen molar-refractivity contribution in [1.29, 1.82) is 10.5 Å². The molecular weight excluding hydrogens is 378 g/mol. The molecule has 0 saturated carbocycles. The summed E-state index contributed by atoms with van der Waals surface area (Å²) in [5.41, 5.74) is 2.13. The molecule has 0 aliphatic rings. The lowest BCUT2D eigenvalue weighted by Crippen LogP contribution is -2.31. The largest absolute Gasteiger partial charge is 0.273 e. The van der Waals surface area contributed by atoms with Crippen LogP contribution in [-0.4, -0.2) is 4.57 Å². The molecule has 0 aliphatic heterocycles. The quantitative estimate of drug-likeness (QED) is 0.688. The van der Waals surface area contributed by atoms with Crippen molar-refractivity contribution in [3.63, 3.8) is 0 Å². The highest BCUT2D eigenvalue weighted by Crippen LogP contribution is 2.13. The number of nitriles is 2. The second kappa shape index (κ2) is 8.05. The number of thiazole rings is 1. The average molecular weight is 392 g/mol. The third kappa shape index (κ3) is 3.71. The molecule has 3 aromatic rings. The number of aryl methyl sites for hydroxylation is 1. The Morgan fingerprint density at radius 3 is 2.44 bits per heavy atom. The minimum atomic E-state index is -0.256. The first-order valence-electron chi connectivity index (χ1n) is 8.21. The van der Waals surface area contributed by atoms with Crippen LogP contribution in [0.15, 0.2) is 53.3 Å². The summed E-state index contributed by atoms with van der Waals surface area (Å²) in [5, 5.41) is 19.3. The Hall–Kier alpha value is -3.12. The van der Waals surface area contributed by atoms with Crippen molar-refractivity contribution in [2.75, 3.05) is 0 Å². The zero-order chi connectivity index (χ0) is 19.4. The van der Waals surface area contributed by atoms with Crippen LogP contribution in [0.4, 0.5) is 0 Å². The molecule has 2 aromatic carbocycles. The first-order valence-corrected chi connectivity index (χ1v) is 9.40. The summed E-state index contributed by atoms with van der Waals surface area (Å²) in [5.74, 6) is 0. The van der Waals surface area contributed by atoms with E-state index in [-0.39, 0.29) is 11.1 Å². The molecule has 6 heteroatoms. The zero-order valence-electron chi connectivity index (χ0n) is 14.4. The SMILES string of the molecule is CCc1ccccc1-n1c(=C(C#N)C#N)s/c(=C/c2ccc(Cl)cc2)c1=O. The molecule has 0 amide bonds. The molecule has 3 rings (SSSR count). The van der Waals surface area contributed by atoms with E-state index < -0.39 is 0 Å². The van der Waals surface area contributed by atoms with Crippen LogP contribution < -0.4 is 14.8 Å². The summed E-state index contributed by atoms with van der Waals surface area (Å²) in [7, 11) is 0. The van der Waals surface area contributed by atoms with Gasteiger partial charge in [-0.1, -0.05) is 48.9 Å². The molecule has 27 heavy (non-hydrogen) atoms. The average Bonchev–Trinajstić information content (AvgIpc) is 3.00. The monoisotopic (exact) mass is 391 g/mol. The number of nitrogens with zero attached hydrogens (tertiary/aromatic N) is 3. The molecule has 0 fully saturated rings. The van der Waals surface area contributed by atoms with Crippen LogP contribution in [-0.2, 0) is 6.42 Å². The minimum Gasteiger partial charge on any atom is -0.267 e. The van der Waals surface area contributed by atoms with Crippen LogP contribution >= 0.6 is 22.9 Å². The lowest BCUT2D eigenvalue weighted by molar-refractivity contribution is 0.953. The molecule has 4 nitrogen and oxygen atoms in total. The van der Waals surface area contributed by atoms with Gasteiger partial charge >= 0.3 is 0 Å². The first kappa shape index (κ1) is 18.7. The topological polar surface area (TPSA) is 69.6 Å². The molecule has 132 valence electrons. The summed E-state index contributed by atoms with van der Waals surface area (Å²) >= 11 is 7.05. The predicted octanol–water partition coefficient (Wildman–Crippen LogP) is 3.14. The molecule has 0 aliphatic carbocycles. The van der Waals surface area contributed by atoms with Crippen molar-refractivity contribution in [1.82, 2.24) is 4.57 Å². The van der Waals surface area contributed by atoms with Crippen molar-refractivity contribution in [2.45, 2.75) is 13.3 Å². The number of hydrogen-bond acceptors (Lipinski definition) is 4. The van der Waals surface area contributed by atoms with Crippen LogP contribution in [0.3, 0.4) is 0 Å². The summed E-state index contributed by atoms with van der Waals surface area (Å²) in [6.07, 6.45) is 2.47. The van der Waals surface area contributed by atoms with E-state index in [0.717, 1.165) is 28.9 Å². The Kier molecular flexibility index (Phi) is 5.57. The first-order chi connectivity index (χ1) is 13.1. The predicted molar refractivity (Wildman–Crippen MR) is 108 cm³/mol. The van der Waals surface area contributed by atoms with E-state index in [2.05, 4.69) is 0 Å². The van der Waals surface area contributed by atoms with E-state index in [4.69, 9.17) is 11.6 Å². The zero-order valence-corrected chi connectivity index (χ0v) is 16.0. The number of para-hydroxylation sites is 1. The number of benzene rings is 2. The normalized spacial score (nSPS) is 11.0. The van der Waals surface area contributed by atoms with Crippen LogP contribution in [0, 0.1) is 22.7 Å². The minimum absolute atomic E-state index is 0.0845. The van der Waals surface area contributed by atoms with Crippen LogP contribution in [0.25, 0.3) is 17.3 Å². The second-order valence-corrected chi connectivity index (χ2v) is 7.16. The van der Waals surface area contributed by atoms with Crippen LogP contribution in [0.2, 0.25) is 5.02 Å². The number of hydrogen-bond donors (Lipinski definition) is 0. The van der Waals surface area contributed by atoms with Gasteiger partial charge in [0.2, 0.25) is 0 Å². The van der Waals surface area contributed by atoms with Gasteiger partial charge in [-0.05, 0) is 41.8 Å². The van der Waals surface area contributed by atoms with Gasteiger partial charge in [0, 0.05) is 5.02 Å². The maximum atomic E-state index is 13.1. The van der Waals surface area contributed by atoms with Crippen molar-refractivity contribution in [2.24, 2.45) is 0 Å². The molecule has 0 radical (unpaired) electrons. The van der Waals surface area contributed by atoms with Crippen molar-refractivity contribution < 1.29 is 0 Å². The van der Waals surface area contributed by atoms with Gasteiger partial charge in [-0.3, -0.25) is 9.36 Å². The van der Waals surface area contributed by atoms with Gasteiger partial charge in [-0.25, -0.2) is 0 Å². The van der Waals surface area contributed by atoms with Gasteiger partial charge in [-0.2, -0.15) is 10.5 Å². The smallest absolute Gasteiger partial charge is 0.267 e. The number of halogens is 1. The molecule has 1 aromatic heterocycles. The summed E-state index contributed by atoms with van der Waals surface area (Å²) < 4.78 is 2.25. The lowest BCUT2D eigenvalue weighted by Gasteiger charge is -2.08. The van der Waals surface area contributed by atoms with Crippen molar-refractivity contribution in [3.8, 4) is 17.8 Å². The van der Waals surface area contributed by atoms with E-state index in [1.807, 2.05) is 55.5 Å². The third-order valence-electron chi connectivity index (χ3n) is 4.04. The lowest BCUT2D eigenvalue weighted by atomic mass is 10.1. The van der Waals surface area contributed by atoms with Crippen molar-refractivity contribution in [3.05, 3.63) is 84.2 Å². The van der Waals surface area contributed by atoms with E-state index in [0.29, 0.717) is 19.9 Å². The van der Waals surface area contributed by atoms with Gasteiger partial charge in [0.05, 0.1) is 10.2 Å². The van der Waals surface area contributed by atoms with Crippen LogP contribution in [0.1, 0.15) is 18.1 Å². The van der Waals surface area contributed by atoms with E-state index in [1.54, 1.807) is 18.2 Å². The van der Waals surface area contributed by atoms with Gasteiger partial charge in [0.15, 0.2) is 5.57 Å².